The highest BCUT2D eigenvalue weighted by Gasteiger charge is 2.38. The molecule has 0 amide bonds. The first-order valence-electron chi connectivity index (χ1n) is 8.15. The van der Waals surface area contributed by atoms with E-state index in [9.17, 15) is 4.79 Å². The molecule has 0 saturated heterocycles. The van der Waals surface area contributed by atoms with Crippen molar-refractivity contribution in [1.29, 1.82) is 0 Å². The molecule has 5 nitrogen and oxygen atoms in total. The Hall–Kier alpha value is -0.779. The number of rotatable bonds is 12. The molecule has 0 saturated carbocycles. The van der Waals surface area contributed by atoms with Gasteiger partial charge in [0.15, 0.2) is 19.5 Å². The van der Waals surface area contributed by atoms with Gasteiger partial charge in [-0.25, -0.2) is 4.79 Å². The lowest BCUT2D eigenvalue weighted by Gasteiger charge is -2.28. The predicted molar refractivity (Wildman–Crippen MR) is 106 cm³/mol. The molecular weight excluding hydrogens is 356 g/mol. The molecule has 0 aromatic heterocycles. The first kappa shape index (κ1) is 23.2. The average molecular weight is 389 g/mol. The van der Waals surface area contributed by atoms with Crippen LogP contribution in [0.3, 0.4) is 0 Å². The van der Waals surface area contributed by atoms with Gasteiger partial charge in [-0.1, -0.05) is 29.1 Å². The van der Waals surface area contributed by atoms with E-state index in [2.05, 4.69) is 45.7 Å². The van der Waals surface area contributed by atoms with Crippen molar-refractivity contribution in [2.45, 2.75) is 47.1 Å². The Morgan fingerprint density at radius 3 is 1.92 bits per heavy atom. The van der Waals surface area contributed by atoms with Gasteiger partial charge in [-0.2, -0.15) is 0 Å². The maximum atomic E-state index is 11.4. The lowest BCUT2D eigenvalue weighted by molar-refractivity contribution is -0.139. The van der Waals surface area contributed by atoms with Crippen molar-refractivity contribution < 1.29 is 22.2 Å². The number of hydrogen-bond acceptors (Lipinski definition) is 5. The Bertz CT molecular complexity index is 444. The highest BCUT2D eigenvalue weighted by atomic mass is 28.4. The molecular formula is C16H32O5Si3. The van der Waals surface area contributed by atoms with Gasteiger partial charge < -0.3 is 17.4 Å². The third kappa shape index (κ3) is 10.9. The summed E-state index contributed by atoms with van der Waals surface area (Å²) in [5.41, 5.74) is 7.20. The normalized spacial score (nSPS) is 13.9. The Morgan fingerprint density at radius 1 is 1.04 bits per heavy atom. The lowest BCUT2D eigenvalue weighted by Crippen LogP contribution is -2.46. The second kappa shape index (κ2) is 12.6. The minimum atomic E-state index is -2.68. The molecule has 0 fully saturated rings. The summed E-state index contributed by atoms with van der Waals surface area (Å²) in [5, 5.41) is 0. The van der Waals surface area contributed by atoms with Crippen LogP contribution in [-0.2, 0) is 22.2 Å². The van der Waals surface area contributed by atoms with E-state index in [1.807, 2.05) is 0 Å². The van der Waals surface area contributed by atoms with Crippen LogP contribution in [0.25, 0.3) is 0 Å². The van der Waals surface area contributed by atoms with Gasteiger partial charge in [-0.05, 0) is 41.0 Å². The van der Waals surface area contributed by atoms with Crippen LogP contribution in [-0.4, -0.2) is 48.0 Å². The molecule has 0 aromatic rings. The zero-order valence-electron chi connectivity index (χ0n) is 15.9. The molecule has 0 unspecified atom stereocenters. The SMILES string of the molecule is C=C(C)C(=O)OCCC[Si](OC)(O[SiH2]C=C(C)C)O[SiH2]C=C(C)C. The molecule has 0 bridgehead atoms. The van der Waals surface area contributed by atoms with Crippen LogP contribution in [0.15, 0.2) is 34.7 Å². The van der Waals surface area contributed by atoms with Crippen molar-refractivity contribution in [2.24, 2.45) is 0 Å². The minimum absolute atomic E-state index is 0.324. The summed E-state index contributed by atoms with van der Waals surface area (Å²) >= 11 is 0. The van der Waals surface area contributed by atoms with Gasteiger partial charge >= 0.3 is 14.8 Å². The second-order valence-corrected chi connectivity index (χ2v) is 12.2. The van der Waals surface area contributed by atoms with Crippen molar-refractivity contribution in [1.82, 2.24) is 0 Å². The minimum Gasteiger partial charge on any atom is -0.462 e. The summed E-state index contributed by atoms with van der Waals surface area (Å²) in [7, 11) is -2.69. The standard InChI is InChI=1S/C16H32O5Si3/c1-13(2)11-22-20-24(18-7,21-23-12-14(3)4)10-8-9-19-16(17)15(5)6/h11-12H,5,8-10,22-23H2,1-4,6-7H3. The molecule has 0 radical (unpaired) electrons. The molecule has 24 heavy (non-hydrogen) atoms. The largest absolute Gasteiger partial charge is 0.479 e. The third-order valence-corrected chi connectivity index (χ3v) is 11.5. The Labute approximate surface area is 152 Å². The van der Waals surface area contributed by atoms with Crippen LogP contribution in [0.1, 0.15) is 41.0 Å². The van der Waals surface area contributed by atoms with E-state index in [0.29, 0.717) is 24.6 Å². The summed E-state index contributed by atoms with van der Waals surface area (Å²) in [6.45, 7) is 13.8. The number of allylic oxidation sites excluding steroid dienone is 2. The highest BCUT2D eigenvalue weighted by Crippen LogP contribution is 2.17. The average Bonchev–Trinajstić information content (AvgIpc) is 2.49. The van der Waals surface area contributed by atoms with Crippen LogP contribution in [0.4, 0.5) is 0 Å². The summed E-state index contributed by atoms with van der Waals surface area (Å²) in [6, 6.07) is 0.653. The molecule has 0 spiro atoms. The quantitative estimate of drug-likeness (QED) is 0.222. The van der Waals surface area contributed by atoms with Crippen molar-refractivity contribution >= 4 is 34.3 Å². The Balaban J connectivity index is 4.68. The smallest absolute Gasteiger partial charge is 0.462 e. The molecule has 0 rings (SSSR count). The van der Waals surface area contributed by atoms with Gasteiger partial charge in [0.05, 0.1) is 6.61 Å². The second-order valence-electron chi connectivity index (χ2n) is 6.09. The number of carbonyl (C=O) groups is 1. The van der Waals surface area contributed by atoms with E-state index in [4.69, 9.17) is 17.4 Å². The fourth-order valence-electron chi connectivity index (χ4n) is 1.65. The zero-order valence-corrected chi connectivity index (χ0v) is 19.8. The van der Waals surface area contributed by atoms with E-state index in [0.717, 1.165) is 0 Å². The van der Waals surface area contributed by atoms with Crippen LogP contribution >= 0.6 is 0 Å². The van der Waals surface area contributed by atoms with E-state index in [1.165, 1.54) is 11.1 Å². The van der Waals surface area contributed by atoms with Crippen molar-refractivity contribution in [3.05, 3.63) is 34.7 Å². The van der Waals surface area contributed by atoms with Crippen LogP contribution in [0.2, 0.25) is 6.04 Å². The van der Waals surface area contributed by atoms with Gasteiger partial charge in [0.2, 0.25) is 0 Å². The van der Waals surface area contributed by atoms with E-state index in [-0.39, 0.29) is 5.97 Å². The number of ether oxygens (including phenoxy) is 1. The van der Waals surface area contributed by atoms with Crippen molar-refractivity contribution in [3.8, 4) is 0 Å². The first-order chi connectivity index (χ1) is 11.2. The van der Waals surface area contributed by atoms with Gasteiger partial charge in [0, 0.05) is 18.7 Å². The molecule has 0 atom stereocenters. The molecule has 0 heterocycles. The fraction of sp³-hybridized carbons (Fsp3) is 0.562. The lowest BCUT2D eigenvalue weighted by atomic mass is 10.4. The maximum absolute atomic E-state index is 11.4. The summed E-state index contributed by atoms with van der Waals surface area (Å²) in [6.07, 6.45) is 0.658. The third-order valence-electron chi connectivity index (χ3n) is 3.11. The highest BCUT2D eigenvalue weighted by molar-refractivity contribution is 6.71. The monoisotopic (exact) mass is 388 g/mol. The van der Waals surface area contributed by atoms with Gasteiger partial charge in [-0.15, -0.1) is 0 Å². The van der Waals surface area contributed by atoms with E-state index in [1.54, 1.807) is 14.0 Å². The van der Waals surface area contributed by atoms with Crippen LogP contribution in [0.5, 0.6) is 0 Å². The molecule has 0 aliphatic carbocycles. The fourth-order valence-corrected chi connectivity index (χ4v) is 8.98. The molecule has 0 aromatic carbocycles. The number of esters is 1. The first-order valence-corrected chi connectivity index (χ1v) is 12.9. The van der Waals surface area contributed by atoms with Crippen LogP contribution in [0, 0.1) is 0 Å². The zero-order chi connectivity index (χ0) is 18.6. The number of hydrogen-bond donors (Lipinski definition) is 0. The number of carbonyl (C=O) groups excluding carboxylic acids is 1. The van der Waals surface area contributed by atoms with Crippen molar-refractivity contribution in [3.63, 3.8) is 0 Å². The molecule has 138 valence electrons. The maximum Gasteiger partial charge on any atom is 0.479 e. The Kier molecular flexibility index (Phi) is 12.2. The molecule has 8 heteroatoms. The van der Waals surface area contributed by atoms with Gasteiger partial charge in [-0.3, -0.25) is 0 Å². The van der Waals surface area contributed by atoms with Gasteiger partial charge in [0.25, 0.3) is 0 Å². The summed E-state index contributed by atoms with van der Waals surface area (Å²) < 4.78 is 23.1. The van der Waals surface area contributed by atoms with Crippen molar-refractivity contribution in [2.75, 3.05) is 13.7 Å². The molecule has 0 aliphatic rings. The molecule has 0 N–H and O–H groups in total. The Morgan fingerprint density at radius 2 is 1.54 bits per heavy atom. The summed E-state index contributed by atoms with van der Waals surface area (Å²) in [4.78, 5) is 11.4. The predicted octanol–water partition coefficient (Wildman–Crippen LogP) is 2.13. The molecule has 0 aliphatic heterocycles. The summed E-state index contributed by atoms with van der Waals surface area (Å²) in [5.74, 6) is -0.362. The van der Waals surface area contributed by atoms with E-state index < -0.39 is 28.3 Å². The topological polar surface area (TPSA) is 54.0 Å². The van der Waals surface area contributed by atoms with Gasteiger partial charge in [0.1, 0.15) is 0 Å². The van der Waals surface area contributed by atoms with Crippen LogP contribution < -0.4 is 0 Å². The van der Waals surface area contributed by atoms with E-state index >= 15 is 0 Å².